The fourth-order valence-corrected chi connectivity index (χ4v) is 6.29. The van der Waals surface area contributed by atoms with Crippen LogP contribution in [-0.4, -0.2) is 57.1 Å². The minimum Gasteiger partial charge on any atom is -0.492 e. The Morgan fingerprint density at radius 3 is 2.22 bits per heavy atom. The molecule has 0 saturated carbocycles. The van der Waals surface area contributed by atoms with Crippen molar-refractivity contribution in [2.45, 2.75) is 49.6 Å². The molecule has 3 aromatic rings. The molecule has 1 atom stereocenters. The first-order valence-corrected chi connectivity index (χ1v) is 16.4. The predicted molar refractivity (Wildman–Crippen MR) is 165 cm³/mol. The van der Waals surface area contributed by atoms with Crippen molar-refractivity contribution >= 4 is 50.9 Å². The number of nitrogens with one attached hydrogen (secondary N) is 1. The number of ether oxygens (including phenoxy) is 1. The summed E-state index contributed by atoms with van der Waals surface area (Å²) in [7, 11) is -4.21. The molecular formula is C30H36ClN3O5S2. The molecule has 0 radical (unpaired) electrons. The predicted octanol–water partition coefficient (Wildman–Crippen LogP) is 5.60. The third kappa shape index (κ3) is 8.18. The molecule has 0 aliphatic heterocycles. The van der Waals surface area contributed by atoms with E-state index in [0.717, 1.165) is 14.8 Å². The Morgan fingerprint density at radius 1 is 0.976 bits per heavy atom. The first-order valence-electron chi connectivity index (χ1n) is 13.4. The van der Waals surface area contributed by atoms with Crippen molar-refractivity contribution in [3.05, 3.63) is 83.4 Å². The van der Waals surface area contributed by atoms with E-state index in [0.29, 0.717) is 30.3 Å². The van der Waals surface area contributed by atoms with Crippen molar-refractivity contribution in [3.63, 3.8) is 0 Å². The summed E-state index contributed by atoms with van der Waals surface area (Å²) in [4.78, 5) is 29.6. The minimum atomic E-state index is -4.21. The fourth-order valence-electron chi connectivity index (χ4n) is 4.33. The average Bonchev–Trinajstić information content (AvgIpc) is 2.97. The average molecular weight is 618 g/mol. The maximum absolute atomic E-state index is 14.1. The van der Waals surface area contributed by atoms with Crippen molar-refractivity contribution in [2.75, 3.05) is 30.3 Å². The summed E-state index contributed by atoms with van der Waals surface area (Å²) in [6, 6.07) is 19.4. The van der Waals surface area contributed by atoms with Gasteiger partial charge in [-0.25, -0.2) is 8.42 Å². The van der Waals surface area contributed by atoms with E-state index in [-0.39, 0.29) is 23.0 Å². The number of thioether (sulfide) groups is 1. The number of para-hydroxylation sites is 2. The molecule has 2 amide bonds. The highest BCUT2D eigenvalue weighted by Crippen LogP contribution is 2.33. The van der Waals surface area contributed by atoms with Crippen LogP contribution in [0.2, 0.25) is 5.02 Å². The molecule has 0 unspecified atom stereocenters. The molecule has 8 nitrogen and oxygen atoms in total. The van der Waals surface area contributed by atoms with Crippen LogP contribution in [0.25, 0.3) is 0 Å². The highest BCUT2D eigenvalue weighted by Gasteiger charge is 2.34. The van der Waals surface area contributed by atoms with Gasteiger partial charge in [0.25, 0.3) is 10.0 Å². The molecular weight excluding hydrogens is 582 g/mol. The van der Waals surface area contributed by atoms with Crippen LogP contribution in [0.1, 0.15) is 32.8 Å². The van der Waals surface area contributed by atoms with Crippen LogP contribution >= 0.6 is 23.4 Å². The van der Waals surface area contributed by atoms with E-state index in [4.69, 9.17) is 16.3 Å². The second-order valence-corrected chi connectivity index (χ2v) is 12.2. The van der Waals surface area contributed by atoms with Gasteiger partial charge in [-0.15, -0.1) is 11.8 Å². The summed E-state index contributed by atoms with van der Waals surface area (Å²) in [5.74, 6) is -0.519. The first-order chi connectivity index (χ1) is 19.7. The van der Waals surface area contributed by atoms with Gasteiger partial charge in [-0.05, 0) is 80.6 Å². The monoisotopic (exact) mass is 617 g/mol. The Balaban J connectivity index is 2.11. The minimum absolute atomic E-state index is 0.0365. The first kappa shape index (κ1) is 32.3. The highest BCUT2D eigenvalue weighted by molar-refractivity contribution is 7.98. The van der Waals surface area contributed by atoms with Crippen LogP contribution in [0.5, 0.6) is 5.75 Å². The van der Waals surface area contributed by atoms with Gasteiger partial charge >= 0.3 is 0 Å². The van der Waals surface area contributed by atoms with Gasteiger partial charge in [-0.2, -0.15) is 0 Å². The second-order valence-electron chi connectivity index (χ2n) is 9.05. The van der Waals surface area contributed by atoms with Crippen LogP contribution in [0, 0.1) is 0 Å². The molecule has 220 valence electrons. The summed E-state index contributed by atoms with van der Waals surface area (Å²) < 4.78 is 35.1. The summed E-state index contributed by atoms with van der Waals surface area (Å²) >= 11 is 7.56. The lowest BCUT2D eigenvalue weighted by molar-refractivity contribution is -0.140. The number of carbonyl (C=O) groups is 2. The molecule has 3 aromatic carbocycles. The number of likely N-dealkylation sites (N-methyl/N-ethyl adjacent to an activating group) is 1. The van der Waals surface area contributed by atoms with Crippen LogP contribution < -0.4 is 14.4 Å². The Kier molecular flexibility index (Phi) is 11.9. The van der Waals surface area contributed by atoms with Gasteiger partial charge in [0.15, 0.2) is 0 Å². The molecule has 0 heterocycles. The molecule has 0 aromatic heterocycles. The van der Waals surface area contributed by atoms with Crippen LogP contribution in [0.4, 0.5) is 5.69 Å². The van der Waals surface area contributed by atoms with E-state index in [1.165, 1.54) is 28.8 Å². The van der Waals surface area contributed by atoms with Gasteiger partial charge < -0.3 is 15.0 Å². The number of anilines is 1. The maximum atomic E-state index is 14.1. The summed E-state index contributed by atoms with van der Waals surface area (Å²) in [6.45, 7) is 5.67. The van der Waals surface area contributed by atoms with E-state index in [9.17, 15) is 18.0 Å². The lowest BCUT2D eigenvalue weighted by Gasteiger charge is -2.33. The normalized spacial score (nSPS) is 11.9. The molecule has 1 N–H and O–H groups in total. The van der Waals surface area contributed by atoms with Crippen LogP contribution in [-0.2, 0) is 26.2 Å². The van der Waals surface area contributed by atoms with E-state index >= 15 is 0 Å². The van der Waals surface area contributed by atoms with Crippen molar-refractivity contribution < 1.29 is 22.7 Å². The zero-order valence-corrected chi connectivity index (χ0v) is 26.1. The summed E-state index contributed by atoms with van der Waals surface area (Å²) in [5, 5.41) is 3.34. The Hall–Kier alpha value is -3.21. The Labute approximate surface area is 252 Å². The molecule has 0 bridgehead atoms. The molecule has 0 fully saturated rings. The number of halogens is 1. The topological polar surface area (TPSA) is 96.0 Å². The van der Waals surface area contributed by atoms with Gasteiger partial charge in [0.05, 0.1) is 17.2 Å². The van der Waals surface area contributed by atoms with Crippen molar-refractivity contribution in [1.29, 1.82) is 0 Å². The third-order valence-electron chi connectivity index (χ3n) is 6.36. The second kappa shape index (κ2) is 15.1. The lowest BCUT2D eigenvalue weighted by atomic mass is 10.1. The number of benzene rings is 3. The van der Waals surface area contributed by atoms with Crippen LogP contribution in [0.15, 0.2) is 82.6 Å². The quantitative estimate of drug-likeness (QED) is 0.237. The highest BCUT2D eigenvalue weighted by atomic mass is 35.5. The zero-order chi connectivity index (χ0) is 30.0. The molecule has 0 spiro atoms. The van der Waals surface area contributed by atoms with Crippen LogP contribution in [0.3, 0.4) is 0 Å². The molecule has 11 heteroatoms. The summed E-state index contributed by atoms with van der Waals surface area (Å²) in [6.07, 6.45) is 2.24. The number of carbonyl (C=O) groups excluding carboxylic acids is 2. The van der Waals surface area contributed by atoms with E-state index in [1.54, 1.807) is 74.5 Å². The molecule has 3 rings (SSSR count). The standard InChI is InChI=1S/C30H36ClN3O5S2/c1-5-26(30(36)32-6-2)33(20-22-12-14-23(31)15-13-22)29(35)21-34(27-10-8-9-11-28(27)39-7-3)41(37,38)25-18-16-24(40-4)17-19-25/h8-19,26H,5-7,20-21H2,1-4H3,(H,32,36)/t26-/m1/s1. The molecule has 0 saturated heterocycles. The molecule has 0 aliphatic carbocycles. The van der Waals surface area contributed by atoms with Gasteiger partial charge in [0.2, 0.25) is 11.8 Å². The molecule has 41 heavy (non-hydrogen) atoms. The fraction of sp³-hybridized carbons (Fsp3) is 0.333. The van der Waals surface area contributed by atoms with E-state index in [1.807, 2.05) is 13.2 Å². The number of hydrogen-bond donors (Lipinski definition) is 1. The van der Waals surface area contributed by atoms with Gasteiger partial charge in [-0.1, -0.05) is 42.8 Å². The third-order valence-corrected chi connectivity index (χ3v) is 9.13. The SMILES string of the molecule is CCNC(=O)[C@@H](CC)N(Cc1ccc(Cl)cc1)C(=O)CN(c1ccccc1OCC)S(=O)(=O)c1ccc(SC)cc1. The Bertz CT molecular complexity index is 1420. The number of rotatable bonds is 14. The number of nitrogens with zero attached hydrogens (tertiary/aromatic N) is 2. The van der Waals surface area contributed by atoms with Gasteiger partial charge in [-0.3, -0.25) is 13.9 Å². The number of amides is 2. The van der Waals surface area contributed by atoms with Gasteiger partial charge in [0.1, 0.15) is 18.3 Å². The van der Waals surface area contributed by atoms with Crippen molar-refractivity contribution in [2.24, 2.45) is 0 Å². The lowest BCUT2D eigenvalue weighted by Crippen LogP contribution is -2.52. The van der Waals surface area contributed by atoms with E-state index in [2.05, 4.69) is 5.32 Å². The zero-order valence-electron chi connectivity index (χ0n) is 23.7. The van der Waals surface area contributed by atoms with Crippen molar-refractivity contribution in [3.8, 4) is 5.75 Å². The number of sulfonamides is 1. The Morgan fingerprint density at radius 2 is 1.63 bits per heavy atom. The summed E-state index contributed by atoms with van der Waals surface area (Å²) in [5.41, 5.74) is 0.983. The van der Waals surface area contributed by atoms with E-state index < -0.39 is 28.5 Å². The maximum Gasteiger partial charge on any atom is 0.264 e. The smallest absolute Gasteiger partial charge is 0.264 e. The number of hydrogen-bond acceptors (Lipinski definition) is 6. The van der Waals surface area contributed by atoms with Gasteiger partial charge in [0, 0.05) is 23.0 Å². The van der Waals surface area contributed by atoms with Crippen molar-refractivity contribution in [1.82, 2.24) is 10.2 Å². The molecule has 0 aliphatic rings. The largest absolute Gasteiger partial charge is 0.492 e.